The van der Waals surface area contributed by atoms with E-state index in [9.17, 15) is 4.79 Å². The maximum Gasteiger partial charge on any atom is 0.224 e. The van der Waals surface area contributed by atoms with Gasteiger partial charge in [0.05, 0.1) is 17.2 Å². The van der Waals surface area contributed by atoms with Crippen LogP contribution in [0.25, 0.3) is 11.0 Å². The molecule has 6 nitrogen and oxygen atoms in total. The number of rotatable bonds is 4. The molecule has 0 atom stereocenters. The van der Waals surface area contributed by atoms with Crippen molar-refractivity contribution in [2.45, 2.75) is 45.6 Å². The third kappa shape index (κ3) is 3.36. The van der Waals surface area contributed by atoms with Gasteiger partial charge in [-0.25, -0.2) is 4.98 Å². The summed E-state index contributed by atoms with van der Waals surface area (Å²) in [6, 6.07) is 6.23. The summed E-state index contributed by atoms with van der Waals surface area (Å²) in [7, 11) is 0. The normalized spacial score (nSPS) is 15.7. The number of imidazole rings is 1. The third-order valence-corrected chi connectivity index (χ3v) is 5.28. The number of likely N-dealkylation sites (tertiary alicyclic amines) is 1. The van der Waals surface area contributed by atoms with Gasteiger partial charge in [0.15, 0.2) is 0 Å². The fourth-order valence-electron chi connectivity index (χ4n) is 3.75. The average Bonchev–Trinajstić information content (AvgIpc) is 3.27. The summed E-state index contributed by atoms with van der Waals surface area (Å²) in [4.78, 5) is 22.7. The SMILES string of the molecule is Cc1cnn(CCC(=O)N2CCC(c3nc4c(C)cccc4[nH]3)CC2)c1. The predicted molar refractivity (Wildman–Crippen MR) is 101 cm³/mol. The number of nitrogens with zero attached hydrogens (tertiary/aromatic N) is 4. The van der Waals surface area contributed by atoms with Crippen LogP contribution in [0.4, 0.5) is 0 Å². The van der Waals surface area contributed by atoms with Crippen LogP contribution < -0.4 is 0 Å². The van der Waals surface area contributed by atoms with Crippen molar-refractivity contribution in [1.82, 2.24) is 24.6 Å². The number of aromatic amines is 1. The predicted octanol–water partition coefficient (Wildman–Crippen LogP) is 3.17. The molecule has 1 fully saturated rings. The van der Waals surface area contributed by atoms with Crippen LogP contribution in [0.3, 0.4) is 0 Å². The molecule has 0 aliphatic carbocycles. The van der Waals surface area contributed by atoms with Gasteiger partial charge in [0, 0.05) is 38.2 Å². The van der Waals surface area contributed by atoms with Crippen molar-refractivity contribution in [2.24, 2.45) is 0 Å². The number of H-pyrrole nitrogens is 1. The Labute approximate surface area is 153 Å². The second-order valence-corrected chi connectivity index (χ2v) is 7.28. The molecular weight excluding hydrogens is 326 g/mol. The van der Waals surface area contributed by atoms with Gasteiger partial charge in [0.1, 0.15) is 5.82 Å². The number of hydrogen-bond acceptors (Lipinski definition) is 3. The van der Waals surface area contributed by atoms with E-state index in [4.69, 9.17) is 4.98 Å². The van der Waals surface area contributed by atoms with Crippen LogP contribution in [-0.4, -0.2) is 43.6 Å². The third-order valence-electron chi connectivity index (χ3n) is 5.28. The van der Waals surface area contributed by atoms with E-state index >= 15 is 0 Å². The first kappa shape index (κ1) is 16.8. The Bertz CT molecular complexity index is 917. The lowest BCUT2D eigenvalue weighted by molar-refractivity contribution is -0.132. The van der Waals surface area contributed by atoms with Crippen molar-refractivity contribution in [2.75, 3.05) is 13.1 Å². The second kappa shape index (κ2) is 6.94. The van der Waals surface area contributed by atoms with E-state index in [0.717, 1.165) is 48.4 Å². The van der Waals surface area contributed by atoms with Crippen molar-refractivity contribution in [3.8, 4) is 0 Å². The van der Waals surface area contributed by atoms with Gasteiger partial charge < -0.3 is 9.88 Å². The van der Waals surface area contributed by atoms with E-state index in [-0.39, 0.29) is 5.91 Å². The summed E-state index contributed by atoms with van der Waals surface area (Å²) >= 11 is 0. The first-order chi connectivity index (χ1) is 12.6. The summed E-state index contributed by atoms with van der Waals surface area (Å²) < 4.78 is 1.84. The minimum Gasteiger partial charge on any atom is -0.343 e. The van der Waals surface area contributed by atoms with Crippen molar-refractivity contribution in [3.05, 3.63) is 47.5 Å². The standard InChI is InChI=1S/C20H25N5O/c1-14-12-21-25(13-14)11-8-18(26)24-9-6-16(7-10-24)20-22-17-5-3-4-15(2)19(17)23-20/h3-5,12-13,16H,6-11H2,1-2H3,(H,22,23). The van der Waals surface area contributed by atoms with E-state index < -0.39 is 0 Å². The van der Waals surface area contributed by atoms with Gasteiger partial charge in [-0.2, -0.15) is 5.10 Å². The number of nitrogens with one attached hydrogen (secondary N) is 1. The summed E-state index contributed by atoms with van der Waals surface area (Å²) in [5.41, 5.74) is 4.49. The second-order valence-electron chi connectivity index (χ2n) is 7.28. The van der Waals surface area contributed by atoms with Crippen LogP contribution in [0.2, 0.25) is 0 Å². The van der Waals surface area contributed by atoms with Gasteiger partial charge >= 0.3 is 0 Å². The van der Waals surface area contributed by atoms with Gasteiger partial charge in [0.2, 0.25) is 5.91 Å². The van der Waals surface area contributed by atoms with Gasteiger partial charge in [-0.15, -0.1) is 0 Å². The molecule has 1 N–H and O–H groups in total. The average molecular weight is 351 g/mol. The Kier molecular flexibility index (Phi) is 4.49. The molecule has 4 rings (SSSR count). The van der Waals surface area contributed by atoms with E-state index in [1.165, 1.54) is 5.56 Å². The molecule has 0 bridgehead atoms. The van der Waals surface area contributed by atoms with Gasteiger partial charge in [-0.05, 0) is 43.9 Å². The number of amides is 1. The first-order valence-electron chi connectivity index (χ1n) is 9.32. The maximum atomic E-state index is 12.5. The fourth-order valence-corrected chi connectivity index (χ4v) is 3.75. The molecule has 0 unspecified atom stereocenters. The molecule has 6 heteroatoms. The highest BCUT2D eigenvalue weighted by molar-refractivity contribution is 5.78. The molecular formula is C20H25N5O. The number of carbonyl (C=O) groups is 1. The van der Waals surface area contributed by atoms with Crippen molar-refractivity contribution >= 4 is 16.9 Å². The van der Waals surface area contributed by atoms with Crippen LogP contribution in [0.1, 0.15) is 42.1 Å². The molecule has 2 aromatic heterocycles. The summed E-state index contributed by atoms with van der Waals surface area (Å²) in [5.74, 6) is 1.69. The fraction of sp³-hybridized carbons (Fsp3) is 0.450. The highest BCUT2D eigenvalue weighted by atomic mass is 16.2. The van der Waals surface area contributed by atoms with Crippen molar-refractivity contribution < 1.29 is 4.79 Å². The van der Waals surface area contributed by atoms with Crippen LogP contribution in [0.15, 0.2) is 30.6 Å². The molecule has 1 aliphatic heterocycles. The van der Waals surface area contributed by atoms with Gasteiger partial charge in [-0.3, -0.25) is 9.48 Å². The zero-order valence-corrected chi connectivity index (χ0v) is 15.4. The van der Waals surface area contributed by atoms with Crippen LogP contribution >= 0.6 is 0 Å². The molecule has 26 heavy (non-hydrogen) atoms. The molecule has 3 heterocycles. The lowest BCUT2D eigenvalue weighted by Crippen LogP contribution is -2.38. The monoisotopic (exact) mass is 351 g/mol. The molecule has 3 aromatic rings. The number of benzene rings is 1. The largest absolute Gasteiger partial charge is 0.343 e. The molecule has 136 valence electrons. The Balaban J connectivity index is 1.34. The molecule has 1 aromatic carbocycles. The summed E-state index contributed by atoms with van der Waals surface area (Å²) in [5, 5.41) is 4.25. The van der Waals surface area contributed by atoms with Crippen molar-refractivity contribution in [3.63, 3.8) is 0 Å². The number of aromatic nitrogens is 4. The highest BCUT2D eigenvalue weighted by Crippen LogP contribution is 2.28. The number of para-hydroxylation sites is 1. The molecule has 1 saturated heterocycles. The number of hydrogen-bond donors (Lipinski definition) is 1. The van der Waals surface area contributed by atoms with E-state index in [1.807, 2.05) is 28.9 Å². The summed E-state index contributed by atoms with van der Waals surface area (Å²) in [6.45, 7) is 6.36. The topological polar surface area (TPSA) is 66.8 Å². The molecule has 0 saturated carbocycles. The molecule has 1 aliphatic rings. The first-order valence-corrected chi connectivity index (χ1v) is 9.32. The van der Waals surface area contributed by atoms with Crippen LogP contribution in [0.5, 0.6) is 0 Å². The number of aryl methyl sites for hydroxylation is 3. The van der Waals surface area contributed by atoms with Crippen LogP contribution in [-0.2, 0) is 11.3 Å². The van der Waals surface area contributed by atoms with Gasteiger partial charge in [-0.1, -0.05) is 12.1 Å². The Morgan fingerprint density at radius 1 is 1.27 bits per heavy atom. The zero-order valence-electron chi connectivity index (χ0n) is 15.4. The molecule has 0 spiro atoms. The summed E-state index contributed by atoms with van der Waals surface area (Å²) in [6.07, 6.45) is 6.24. The zero-order chi connectivity index (χ0) is 18.1. The molecule has 1 amide bonds. The number of piperidine rings is 1. The van der Waals surface area contributed by atoms with Gasteiger partial charge in [0.25, 0.3) is 0 Å². The lowest BCUT2D eigenvalue weighted by atomic mass is 9.96. The van der Waals surface area contributed by atoms with Crippen LogP contribution in [0, 0.1) is 13.8 Å². The highest BCUT2D eigenvalue weighted by Gasteiger charge is 2.25. The van der Waals surface area contributed by atoms with E-state index in [0.29, 0.717) is 18.9 Å². The van der Waals surface area contributed by atoms with E-state index in [1.54, 1.807) is 0 Å². The smallest absolute Gasteiger partial charge is 0.224 e. The minimum absolute atomic E-state index is 0.219. The Hall–Kier alpha value is -2.63. The lowest BCUT2D eigenvalue weighted by Gasteiger charge is -2.31. The minimum atomic E-state index is 0.219. The number of fused-ring (bicyclic) bond motifs is 1. The number of carbonyl (C=O) groups excluding carboxylic acids is 1. The Morgan fingerprint density at radius 3 is 2.77 bits per heavy atom. The quantitative estimate of drug-likeness (QED) is 0.785. The molecule has 0 radical (unpaired) electrons. The van der Waals surface area contributed by atoms with Crippen molar-refractivity contribution in [1.29, 1.82) is 0 Å². The Morgan fingerprint density at radius 2 is 2.08 bits per heavy atom. The van der Waals surface area contributed by atoms with E-state index in [2.05, 4.69) is 35.2 Å². The maximum absolute atomic E-state index is 12.5.